The normalized spacial score (nSPS) is 18.1. The largest absolute Gasteiger partial charge is 0.375 e. The van der Waals surface area contributed by atoms with E-state index in [4.69, 9.17) is 0 Å². The maximum Gasteiger partial charge on any atom is 0.0177 e. The number of hydrogen-bond acceptors (Lipinski definition) is 2. The molecule has 0 aliphatic carbocycles. The Kier molecular flexibility index (Phi) is 6.04. The van der Waals surface area contributed by atoms with E-state index in [0.717, 1.165) is 18.3 Å². The number of piperidine rings is 1. The molecule has 0 aromatic carbocycles. The van der Waals surface area contributed by atoms with Crippen LogP contribution >= 0.6 is 0 Å². The van der Waals surface area contributed by atoms with Crippen molar-refractivity contribution in [3.63, 3.8) is 0 Å². The molecule has 1 saturated heterocycles. The van der Waals surface area contributed by atoms with Gasteiger partial charge in [0, 0.05) is 18.8 Å². The van der Waals surface area contributed by atoms with E-state index in [-0.39, 0.29) is 0 Å². The second-order valence-electron chi connectivity index (χ2n) is 6.04. The van der Waals surface area contributed by atoms with Crippen LogP contribution in [0.4, 0.5) is 0 Å². The summed E-state index contributed by atoms with van der Waals surface area (Å²) in [6.07, 6.45) is 5.09. The average Bonchev–Trinajstić information content (AvgIpc) is 2.28. The van der Waals surface area contributed by atoms with Crippen LogP contribution in [0.15, 0.2) is 12.3 Å². The third kappa shape index (κ3) is 5.12. The van der Waals surface area contributed by atoms with Crippen LogP contribution in [0.3, 0.4) is 0 Å². The summed E-state index contributed by atoms with van der Waals surface area (Å²) in [6, 6.07) is 0. The van der Waals surface area contributed by atoms with Crippen molar-refractivity contribution in [2.45, 2.75) is 39.5 Å². The molecule has 2 nitrogen and oxygen atoms in total. The van der Waals surface area contributed by atoms with Gasteiger partial charge < -0.3 is 9.80 Å². The fourth-order valence-electron chi connectivity index (χ4n) is 2.64. The number of rotatable bonds is 6. The Bertz CT molecular complexity index is 225. The smallest absolute Gasteiger partial charge is 0.0177 e. The van der Waals surface area contributed by atoms with Crippen molar-refractivity contribution in [3.8, 4) is 0 Å². The molecule has 0 saturated carbocycles. The highest BCUT2D eigenvalue weighted by molar-refractivity contribution is 4.96. The van der Waals surface area contributed by atoms with Crippen molar-refractivity contribution in [2.75, 3.05) is 33.7 Å². The summed E-state index contributed by atoms with van der Waals surface area (Å²) in [5.74, 6) is 1.78. The van der Waals surface area contributed by atoms with E-state index in [1.54, 1.807) is 0 Å². The maximum absolute atomic E-state index is 4.25. The van der Waals surface area contributed by atoms with Crippen LogP contribution in [-0.4, -0.2) is 43.5 Å². The quantitative estimate of drug-likeness (QED) is 0.701. The third-order valence-electron chi connectivity index (χ3n) is 4.00. The molecule has 0 bridgehead atoms. The van der Waals surface area contributed by atoms with Crippen LogP contribution in [0.1, 0.15) is 39.5 Å². The molecule has 1 fully saturated rings. The minimum atomic E-state index is 0.846. The van der Waals surface area contributed by atoms with Gasteiger partial charge in [0.15, 0.2) is 0 Å². The van der Waals surface area contributed by atoms with Gasteiger partial charge in [-0.3, -0.25) is 0 Å². The molecule has 100 valence electrons. The molecule has 0 unspecified atom stereocenters. The van der Waals surface area contributed by atoms with Gasteiger partial charge in [0.25, 0.3) is 0 Å². The molecule has 1 rings (SSSR count). The number of hydrogen-bond donors (Lipinski definition) is 0. The van der Waals surface area contributed by atoms with E-state index in [9.17, 15) is 0 Å². The van der Waals surface area contributed by atoms with E-state index in [1.807, 2.05) is 0 Å². The second kappa shape index (κ2) is 7.05. The SMILES string of the molecule is C=C(CCCN(C)C)N1CCC(C(C)C)CC1. The van der Waals surface area contributed by atoms with E-state index in [2.05, 4.69) is 44.3 Å². The van der Waals surface area contributed by atoms with E-state index >= 15 is 0 Å². The number of allylic oxidation sites excluding steroid dienone is 1. The topological polar surface area (TPSA) is 6.48 Å². The van der Waals surface area contributed by atoms with Gasteiger partial charge in [-0.15, -0.1) is 0 Å². The Morgan fingerprint density at radius 2 is 1.88 bits per heavy atom. The molecular formula is C15H30N2. The maximum atomic E-state index is 4.25. The molecule has 0 amide bonds. The van der Waals surface area contributed by atoms with Gasteiger partial charge in [-0.25, -0.2) is 0 Å². The van der Waals surface area contributed by atoms with Crippen molar-refractivity contribution < 1.29 is 0 Å². The Morgan fingerprint density at radius 3 is 2.35 bits per heavy atom. The molecule has 0 atom stereocenters. The lowest BCUT2D eigenvalue weighted by Crippen LogP contribution is -2.34. The first-order valence-electron chi connectivity index (χ1n) is 7.08. The van der Waals surface area contributed by atoms with Crippen LogP contribution in [-0.2, 0) is 0 Å². The summed E-state index contributed by atoms with van der Waals surface area (Å²) in [6.45, 7) is 12.6. The Morgan fingerprint density at radius 1 is 1.29 bits per heavy atom. The van der Waals surface area contributed by atoms with Crippen LogP contribution in [0, 0.1) is 11.8 Å². The molecule has 2 heteroatoms. The van der Waals surface area contributed by atoms with Crippen LogP contribution in [0.2, 0.25) is 0 Å². The Hall–Kier alpha value is -0.500. The zero-order valence-corrected chi connectivity index (χ0v) is 12.2. The lowest BCUT2D eigenvalue weighted by Gasteiger charge is -2.36. The summed E-state index contributed by atoms with van der Waals surface area (Å²) in [5, 5.41) is 0. The molecule has 0 N–H and O–H groups in total. The molecule has 17 heavy (non-hydrogen) atoms. The first-order valence-corrected chi connectivity index (χ1v) is 7.08. The van der Waals surface area contributed by atoms with Crippen molar-refractivity contribution >= 4 is 0 Å². The Balaban J connectivity index is 2.21. The average molecular weight is 238 g/mol. The first-order chi connectivity index (χ1) is 8.00. The molecule has 0 aromatic rings. The molecular weight excluding hydrogens is 208 g/mol. The van der Waals surface area contributed by atoms with E-state index in [0.29, 0.717) is 0 Å². The molecule has 0 radical (unpaired) electrons. The van der Waals surface area contributed by atoms with E-state index < -0.39 is 0 Å². The van der Waals surface area contributed by atoms with Crippen molar-refractivity contribution in [3.05, 3.63) is 12.3 Å². The monoisotopic (exact) mass is 238 g/mol. The minimum absolute atomic E-state index is 0.846. The lowest BCUT2D eigenvalue weighted by atomic mass is 9.86. The number of likely N-dealkylation sites (tertiary alicyclic amines) is 1. The zero-order valence-electron chi connectivity index (χ0n) is 12.2. The van der Waals surface area contributed by atoms with Gasteiger partial charge in [-0.05, 0) is 58.2 Å². The van der Waals surface area contributed by atoms with Gasteiger partial charge in [0.1, 0.15) is 0 Å². The predicted molar refractivity (Wildman–Crippen MR) is 76.1 cm³/mol. The summed E-state index contributed by atoms with van der Waals surface area (Å²) in [7, 11) is 4.27. The van der Waals surface area contributed by atoms with Crippen molar-refractivity contribution in [1.82, 2.24) is 9.80 Å². The fraction of sp³-hybridized carbons (Fsp3) is 0.867. The molecule has 1 aliphatic heterocycles. The highest BCUT2D eigenvalue weighted by Gasteiger charge is 2.21. The highest BCUT2D eigenvalue weighted by atomic mass is 15.1. The molecule has 1 heterocycles. The first kappa shape index (κ1) is 14.6. The van der Waals surface area contributed by atoms with Crippen LogP contribution in [0.25, 0.3) is 0 Å². The van der Waals surface area contributed by atoms with Crippen LogP contribution in [0.5, 0.6) is 0 Å². The fourth-order valence-corrected chi connectivity index (χ4v) is 2.64. The summed E-state index contributed by atoms with van der Waals surface area (Å²) in [5.41, 5.74) is 1.36. The second-order valence-corrected chi connectivity index (χ2v) is 6.04. The van der Waals surface area contributed by atoms with Crippen molar-refractivity contribution in [1.29, 1.82) is 0 Å². The van der Waals surface area contributed by atoms with E-state index in [1.165, 1.54) is 44.6 Å². The summed E-state index contributed by atoms with van der Waals surface area (Å²) in [4.78, 5) is 4.76. The standard InChI is InChI=1S/C15H30N2/c1-13(2)15-8-11-17(12-9-15)14(3)7-6-10-16(4)5/h13,15H,3,6-12H2,1-2,4-5H3. The lowest BCUT2D eigenvalue weighted by molar-refractivity contribution is 0.186. The van der Waals surface area contributed by atoms with Crippen molar-refractivity contribution in [2.24, 2.45) is 11.8 Å². The summed E-state index contributed by atoms with van der Waals surface area (Å²) >= 11 is 0. The summed E-state index contributed by atoms with van der Waals surface area (Å²) < 4.78 is 0. The highest BCUT2D eigenvalue weighted by Crippen LogP contribution is 2.26. The molecule has 0 aromatic heterocycles. The van der Waals surface area contributed by atoms with Gasteiger partial charge >= 0.3 is 0 Å². The Labute approximate surface area is 108 Å². The van der Waals surface area contributed by atoms with Crippen LogP contribution < -0.4 is 0 Å². The van der Waals surface area contributed by atoms with Gasteiger partial charge in [0.05, 0.1) is 0 Å². The van der Waals surface area contributed by atoms with Gasteiger partial charge in [-0.2, -0.15) is 0 Å². The third-order valence-corrected chi connectivity index (χ3v) is 4.00. The van der Waals surface area contributed by atoms with Gasteiger partial charge in [0.2, 0.25) is 0 Å². The molecule has 1 aliphatic rings. The minimum Gasteiger partial charge on any atom is -0.375 e. The zero-order chi connectivity index (χ0) is 12.8. The van der Waals surface area contributed by atoms with Gasteiger partial charge in [-0.1, -0.05) is 20.4 Å². The predicted octanol–water partition coefficient (Wildman–Crippen LogP) is 3.21. The molecule has 0 spiro atoms. The number of nitrogens with zero attached hydrogens (tertiary/aromatic N) is 2.